The van der Waals surface area contributed by atoms with Crippen LogP contribution in [0.15, 0.2) is 0 Å². The van der Waals surface area contributed by atoms with Crippen LogP contribution in [0.25, 0.3) is 0 Å². The molecule has 76 valence electrons. The third-order valence-electron chi connectivity index (χ3n) is 3.89. The van der Waals surface area contributed by atoms with Gasteiger partial charge in [-0.05, 0) is 37.0 Å². The molecule has 1 unspecified atom stereocenters. The first-order chi connectivity index (χ1) is 5.97. The summed E-state index contributed by atoms with van der Waals surface area (Å²) in [5.74, 6) is 2.23. The summed E-state index contributed by atoms with van der Waals surface area (Å²) in [6.45, 7) is 7.27. The molecule has 0 aromatic rings. The second kappa shape index (κ2) is 3.09. The highest BCUT2D eigenvalue weighted by atomic mass is 28.3. The molecule has 1 N–H and O–H groups in total. The van der Waals surface area contributed by atoms with Gasteiger partial charge in [-0.2, -0.15) is 0 Å². The summed E-state index contributed by atoms with van der Waals surface area (Å²) in [7, 11) is -0.962. The van der Waals surface area contributed by atoms with Crippen molar-refractivity contribution in [2.75, 3.05) is 0 Å². The minimum Gasteiger partial charge on any atom is -0.393 e. The molecule has 0 radical (unpaired) electrons. The maximum atomic E-state index is 10.1. The SMILES string of the molecule is C[Si](C)(C)C[C@@H]1C(O)[C@@H]2CC[C@H]1C2. The maximum Gasteiger partial charge on any atom is 0.0596 e. The van der Waals surface area contributed by atoms with E-state index in [9.17, 15) is 5.11 Å². The van der Waals surface area contributed by atoms with E-state index in [4.69, 9.17) is 0 Å². The van der Waals surface area contributed by atoms with Gasteiger partial charge in [-0.15, -0.1) is 0 Å². The van der Waals surface area contributed by atoms with Gasteiger partial charge in [0.1, 0.15) is 0 Å². The zero-order valence-electron chi connectivity index (χ0n) is 9.09. The molecular weight excluding hydrogens is 176 g/mol. The van der Waals surface area contributed by atoms with Crippen LogP contribution in [-0.4, -0.2) is 19.3 Å². The lowest BCUT2D eigenvalue weighted by Crippen LogP contribution is -2.34. The summed E-state index contributed by atoms with van der Waals surface area (Å²) in [5.41, 5.74) is 0. The fourth-order valence-electron chi connectivity index (χ4n) is 3.37. The smallest absolute Gasteiger partial charge is 0.0596 e. The van der Waals surface area contributed by atoms with E-state index in [1.165, 1.54) is 25.3 Å². The van der Waals surface area contributed by atoms with Gasteiger partial charge in [0.05, 0.1) is 6.10 Å². The van der Waals surface area contributed by atoms with E-state index in [1.54, 1.807) is 0 Å². The fraction of sp³-hybridized carbons (Fsp3) is 1.00. The van der Waals surface area contributed by atoms with Crippen molar-refractivity contribution < 1.29 is 5.11 Å². The molecule has 0 heterocycles. The first-order valence-electron chi connectivity index (χ1n) is 5.65. The van der Waals surface area contributed by atoms with Crippen LogP contribution in [0.1, 0.15) is 19.3 Å². The summed E-state index contributed by atoms with van der Waals surface area (Å²) < 4.78 is 0. The highest BCUT2D eigenvalue weighted by Gasteiger charge is 2.47. The first-order valence-corrected chi connectivity index (χ1v) is 9.36. The molecule has 2 aliphatic rings. The Morgan fingerprint density at radius 2 is 1.77 bits per heavy atom. The average Bonchev–Trinajstić information content (AvgIpc) is 2.51. The number of fused-ring (bicyclic) bond motifs is 2. The molecule has 1 nitrogen and oxygen atoms in total. The number of hydrogen-bond acceptors (Lipinski definition) is 1. The number of rotatable bonds is 2. The second-order valence-corrected chi connectivity index (χ2v) is 11.8. The lowest BCUT2D eigenvalue weighted by molar-refractivity contribution is 0.0671. The van der Waals surface area contributed by atoms with Crippen molar-refractivity contribution in [2.24, 2.45) is 17.8 Å². The van der Waals surface area contributed by atoms with E-state index in [2.05, 4.69) is 19.6 Å². The normalized spacial score (nSPS) is 44.3. The minimum atomic E-state index is -0.962. The molecule has 13 heavy (non-hydrogen) atoms. The van der Waals surface area contributed by atoms with Crippen molar-refractivity contribution in [3.05, 3.63) is 0 Å². The lowest BCUT2D eigenvalue weighted by Gasteiger charge is -2.31. The highest BCUT2D eigenvalue weighted by Crippen LogP contribution is 2.51. The molecular formula is C11H22OSi. The van der Waals surface area contributed by atoms with E-state index in [0.717, 1.165) is 5.92 Å². The Labute approximate surface area is 82.6 Å². The van der Waals surface area contributed by atoms with Crippen molar-refractivity contribution in [1.29, 1.82) is 0 Å². The van der Waals surface area contributed by atoms with Gasteiger partial charge >= 0.3 is 0 Å². The minimum absolute atomic E-state index is 0.0606. The van der Waals surface area contributed by atoms with Gasteiger partial charge < -0.3 is 5.11 Å². The van der Waals surface area contributed by atoms with Crippen molar-refractivity contribution in [3.8, 4) is 0 Å². The highest BCUT2D eigenvalue weighted by molar-refractivity contribution is 6.76. The summed E-state index contributed by atoms with van der Waals surface area (Å²) in [4.78, 5) is 0. The van der Waals surface area contributed by atoms with Gasteiger partial charge in [0.25, 0.3) is 0 Å². The zero-order valence-corrected chi connectivity index (χ0v) is 10.1. The van der Waals surface area contributed by atoms with Crippen molar-refractivity contribution in [2.45, 2.75) is 51.1 Å². The molecule has 2 bridgehead atoms. The quantitative estimate of drug-likeness (QED) is 0.676. The van der Waals surface area contributed by atoms with Gasteiger partial charge in [0.2, 0.25) is 0 Å². The third kappa shape index (κ3) is 1.84. The van der Waals surface area contributed by atoms with Crippen molar-refractivity contribution in [3.63, 3.8) is 0 Å². The third-order valence-corrected chi connectivity index (χ3v) is 5.59. The van der Waals surface area contributed by atoms with Gasteiger partial charge in [-0.25, -0.2) is 0 Å². The van der Waals surface area contributed by atoms with Crippen molar-refractivity contribution in [1.82, 2.24) is 0 Å². The van der Waals surface area contributed by atoms with Crippen LogP contribution in [-0.2, 0) is 0 Å². The Morgan fingerprint density at radius 3 is 2.23 bits per heavy atom. The van der Waals surface area contributed by atoms with E-state index in [1.807, 2.05) is 0 Å². The van der Waals surface area contributed by atoms with E-state index < -0.39 is 8.07 Å². The molecule has 2 rings (SSSR count). The molecule has 2 heteroatoms. The largest absolute Gasteiger partial charge is 0.393 e. The maximum absolute atomic E-state index is 10.1. The lowest BCUT2D eigenvalue weighted by atomic mass is 9.88. The fourth-order valence-corrected chi connectivity index (χ4v) is 5.36. The summed E-state index contributed by atoms with van der Waals surface area (Å²) in [5, 5.41) is 10.1. The Bertz CT molecular complexity index is 195. The molecule has 0 spiro atoms. The molecule has 0 aromatic heterocycles. The molecule has 0 aliphatic heterocycles. The summed E-state index contributed by atoms with van der Waals surface area (Å²) in [6.07, 6.45) is 4.09. The van der Waals surface area contributed by atoms with Gasteiger partial charge in [-0.3, -0.25) is 0 Å². The van der Waals surface area contributed by atoms with Crippen LogP contribution in [0.4, 0.5) is 0 Å². The summed E-state index contributed by atoms with van der Waals surface area (Å²) in [6, 6.07) is 1.34. The molecule has 4 atom stereocenters. The molecule has 0 amide bonds. The molecule has 2 aliphatic carbocycles. The van der Waals surface area contributed by atoms with Crippen LogP contribution in [0.3, 0.4) is 0 Å². The van der Waals surface area contributed by atoms with Gasteiger partial charge in [0, 0.05) is 8.07 Å². The Morgan fingerprint density at radius 1 is 1.15 bits per heavy atom. The van der Waals surface area contributed by atoms with Crippen LogP contribution in [0, 0.1) is 17.8 Å². The van der Waals surface area contributed by atoms with Crippen LogP contribution in [0.2, 0.25) is 25.7 Å². The predicted molar refractivity (Wildman–Crippen MR) is 58.5 cm³/mol. The number of aliphatic hydroxyl groups is 1. The topological polar surface area (TPSA) is 20.2 Å². The monoisotopic (exact) mass is 198 g/mol. The molecule has 2 saturated carbocycles. The van der Waals surface area contributed by atoms with Crippen LogP contribution < -0.4 is 0 Å². The first kappa shape index (κ1) is 9.72. The van der Waals surface area contributed by atoms with Gasteiger partial charge in [-0.1, -0.05) is 25.7 Å². The van der Waals surface area contributed by atoms with Crippen LogP contribution >= 0.6 is 0 Å². The summed E-state index contributed by atoms with van der Waals surface area (Å²) >= 11 is 0. The zero-order chi connectivity index (χ0) is 9.64. The molecule has 0 saturated heterocycles. The molecule has 0 aromatic carbocycles. The Kier molecular flexibility index (Phi) is 2.31. The Balaban J connectivity index is 2.00. The average molecular weight is 198 g/mol. The Hall–Kier alpha value is 0.177. The predicted octanol–water partition coefficient (Wildman–Crippen LogP) is 2.73. The van der Waals surface area contributed by atoms with E-state index in [-0.39, 0.29) is 6.10 Å². The van der Waals surface area contributed by atoms with E-state index >= 15 is 0 Å². The van der Waals surface area contributed by atoms with Crippen molar-refractivity contribution >= 4 is 8.07 Å². The standard InChI is InChI=1S/C11H22OSi/c1-13(2,3)7-10-8-4-5-9(6-8)11(10)12/h8-12H,4-7H2,1-3H3/t8-,9+,10-,11?/m0/s1. The molecule has 2 fully saturated rings. The number of hydrogen-bond donors (Lipinski definition) is 1. The van der Waals surface area contributed by atoms with Crippen LogP contribution in [0.5, 0.6) is 0 Å². The second-order valence-electron chi connectivity index (χ2n) is 6.25. The van der Waals surface area contributed by atoms with E-state index in [0.29, 0.717) is 11.8 Å². The number of aliphatic hydroxyl groups excluding tert-OH is 1. The van der Waals surface area contributed by atoms with Gasteiger partial charge in [0.15, 0.2) is 0 Å².